The minimum Gasteiger partial charge on any atom is -0.207 e. The maximum absolute atomic E-state index is 13.9. The van der Waals surface area contributed by atoms with Crippen LogP contribution in [-0.2, 0) is 0 Å². The predicted molar refractivity (Wildman–Crippen MR) is 61.2 cm³/mol. The summed E-state index contributed by atoms with van der Waals surface area (Å²) in [5.74, 6) is -1.15. The third kappa shape index (κ3) is 2.02. The van der Waals surface area contributed by atoms with E-state index < -0.39 is 11.6 Å². The molecule has 0 saturated heterocycles. The lowest BCUT2D eigenvalue weighted by Gasteiger charge is -2.06. The van der Waals surface area contributed by atoms with E-state index >= 15 is 0 Å². The second-order valence-corrected chi connectivity index (χ2v) is 3.73. The molecule has 0 fully saturated rings. The van der Waals surface area contributed by atoms with Crippen molar-refractivity contribution in [3.8, 4) is 17.2 Å². The van der Waals surface area contributed by atoms with Gasteiger partial charge in [-0.2, -0.15) is 5.26 Å². The molecule has 0 saturated carbocycles. The van der Waals surface area contributed by atoms with Crippen LogP contribution >= 0.6 is 0 Å². The summed E-state index contributed by atoms with van der Waals surface area (Å²) >= 11 is 0. The van der Waals surface area contributed by atoms with E-state index in [0.29, 0.717) is 16.7 Å². The summed E-state index contributed by atoms with van der Waals surface area (Å²) in [6, 6.07) is 11.2. The van der Waals surface area contributed by atoms with Gasteiger partial charge >= 0.3 is 0 Å². The smallest absolute Gasteiger partial charge is 0.136 e. The average molecular weight is 229 g/mol. The number of rotatable bonds is 1. The van der Waals surface area contributed by atoms with Crippen molar-refractivity contribution in [1.82, 2.24) is 0 Å². The van der Waals surface area contributed by atoms with Crippen LogP contribution in [0, 0.1) is 29.9 Å². The molecule has 1 nitrogen and oxygen atoms in total. The zero-order valence-corrected chi connectivity index (χ0v) is 9.17. The molecule has 2 aromatic rings. The molecule has 2 rings (SSSR count). The molecule has 0 aliphatic rings. The summed E-state index contributed by atoms with van der Waals surface area (Å²) < 4.78 is 27.0. The molecule has 84 valence electrons. The van der Waals surface area contributed by atoms with Crippen LogP contribution in [0.5, 0.6) is 0 Å². The molecule has 0 aliphatic carbocycles. The molecule has 0 radical (unpaired) electrons. The lowest BCUT2D eigenvalue weighted by atomic mass is 10.0. The molecule has 0 aromatic heterocycles. The highest BCUT2D eigenvalue weighted by Crippen LogP contribution is 2.26. The second kappa shape index (κ2) is 4.34. The first-order valence-corrected chi connectivity index (χ1v) is 5.08. The average Bonchev–Trinajstić information content (AvgIpc) is 2.36. The molecule has 0 N–H and O–H groups in total. The Morgan fingerprint density at radius 3 is 2.59 bits per heavy atom. The van der Waals surface area contributed by atoms with Gasteiger partial charge in [0.25, 0.3) is 0 Å². The number of nitriles is 1. The summed E-state index contributed by atoms with van der Waals surface area (Å²) in [7, 11) is 0. The highest BCUT2D eigenvalue weighted by Gasteiger charge is 2.11. The number of hydrogen-bond donors (Lipinski definition) is 0. The molecular formula is C14H9F2N. The van der Waals surface area contributed by atoms with Crippen molar-refractivity contribution in [3.63, 3.8) is 0 Å². The maximum Gasteiger partial charge on any atom is 0.136 e. The molecule has 0 bridgehead atoms. The van der Waals surface area contributed by atoms with E-state index in [9.17, 15) is 8.78 Å². The third-order valence-corrected chi connectivity index (χ3v) is 2.62. The molecule has 0 aliphatic heterocycles. The Balaban J connectivity index is 2.61. The minimum absolute atomic E-state index is 0.00939. The Morgan fingerprint density at radius 1 is 1.12 bits per heavy atom. The van der Waals surface area contributed by atoms with Crippen LogP contribution in [0.2, 0.25) is 0 Å². The van der Waals surface area contributed by atoms with Crippen molar-refractivity contribution >= 4 is 0 Å². The van der Waals surface area contributed by atoms with Crippen LogP contribution in [0.15, 0.2) is 36.4 Å². The normalized spacial score (nSPS) is 10.0. The maximum atomic E-state index is 13.9. The minimum atomic E-state index is -0.583. The SMILES string of the molecule is Cc1c(F)ccc(-c2cccc(C#N)c2)c1F. The van der Waals surface area contributed by atoms with Gasteiger partial charge in [0, 0.05) is 11.1 Å². The Bertz CT molecular complexity index is 612. The van der Waals surface area contributed by atoms with Crippen molar-refractivity contribution < 1.29 is 8.78 Å². The lowest BCUT2D eigenvalue weighted by Crippen LogP contribution is -1.92. The summed E-state index contributed by atoms with van der Waals surface area (Å²) in [5, 5.41) is 8.77. The lowest BCUT2D eigenvalue weighted by molar-refractivity contribution is 0.570. The van der Waals surface area contributed by atoms with Crippen LogP contribution in [0.25, 0.3) is 11.1 Å². The first-order chi connectivity index (χ1) is 8.13. The number of hydrogen-bond acceptors (Lipinski definition) is 1. The molecule has 0 spiro atoms. The number of nitrogens with zero attached hydrogens (tertiary/aromatic N) is 1. The van der Waals surface area contributed by atoms with Crippen LogP contribution in [0.1, 0.15) is 11.1 Å². The van der Waals surface area contributed by atoms with Gasteiger partial charge in [-0.15, -0.1) is 0 Å². The van der Waals surface area contributed by atoms with E-state index in [1.165, 1.54) is 19.1 Å². The molecule has 0 amide bonds. The van der Waals surface area contributed by atoms with Gasteiger partial charge in [-0.25, -0.2) is 8.78 Å². The van der Waals surface area contributed by atoms with Gasteiger partial charge < -0.3 is 0 Å². The second-order valence-electron chi connectivity index (χ2n) is 3.73. The molecule has 0 atom stereocenters. The van der Waals surface area contributed by atoms with Crippen LogP contribution in [-0.4, -0.2) is 0 Å². The van der Waals surface area contributed by atoms with Gasteiger partial charge in [0.05, 0.1) is 11.6 Å². The monoisotopic (exact) mass is 229 g/mol. The van der Waals surface area contributed by atoms with Crippen LogP contribution in [0.3, 0.4) is 0 Å². The predicted octanol–water partition coefficient (Wildman–Crippen LogP) is 3.81. The fourth-order valence-corrected chi connectivity index (χ4v) is 1.64. The van der Waals surface area contributed by atoms with E-state index in [0.717, 1.165) is 0 Å². The van der Waals surface area contributed by atoms with E-state index in [4.69, 9.17) is 5.26 Å². The Kier molecular flexibility index (Phi) is 2.88. The molecule has 0 unspecified atom stereocenters. The molecular weight excluding hydrogens is 220 g/mol. The number of halogens is 2. The zero-order chi connectivity index (χ0) is 12.4. The molecule has 2 aromatic carbocycles. The van der Waals surface area contributed by atoms with Crippen molar-refractivity contribution in [3.05, 3.63) is 59.2 Å². The van der Waals surface area contributed by atoms with Crippen LogP contribution in [0.4, 0.5) is 8.78 Å². The first kappa shape index (κ1) is 11.3. The van der Waals surface area contributed by atoms with Gasteiger partial charge in [-0.05, 0) is 36.8 Å². The van der Waals surface area contributed by atoms with Gasteiger partial charge in [-0.3, -0.25) is 0 Å². The van der Waals surface area contributed by atoms with E-state index in [2.05, 4.69) is 0 Å². The highest BCUT2D eigenvalue weighted by atomic mass is 19.1. The standard InChI is InChI=1S/C14H9F2N/c1-9-13(15)6-5-12(14(9)16)11-4-2-3-10(7-11)8-17/h2-7H,1H3. The van der Waals surface area contributed by atoms with Crippen LogP contribution < -0.4 is 0 Å². The Hall–Kier alpha value is -2.21. The van der Waals surface area contributed by atoms with Gasteiger partial charge in [0.2, 0.25) is 0 Å². The fraction of sp³-hybridized carbons (Fsp3) is 0.0714. The summed E-state index contributed by atoms with van der Waals surface area (Å²) in [4.78, 5) is 0. The molecule has 17 heavy (non-hydrogen) atoms. The first-order valence-electron chi connectivity index (χ1n) is 5.08. The van der Waals surface area contributed by atoms with Gasteiger partial charge in [0.1, 0.15) is 11.6 Å². The quantitative estimate of drug-likeness (QED) is 0.729. The Morgan fingerprint density at radius 2 is 1.88 bits per heavy atom. The van der Waals surface area contributed by atoms with E-state index in [-0.39, 0.29) is 5.56 Å². The van der Waals surface area contributed by atoms with Gasteiger partial charge in [0.15, 0.2) is 0 Å². The van der Waals surface area contributed by atoms with E-state index in [1.54, 1.807) is 24.3 Å². The highest BCUT2D eigenvalue weighted by molar-refractivity contribution is 5.66. The van der Waals surface area contributed by atoms with Gasteiger partial charge in [-0.1, -0.05) is 12.1 Å². The topological polar surface area (TPSA) is 23.8 Å². The van der Waals surface area contributed by atoms with Crippen molar-refractivity contribution in [1.29, 1.82) is 5.26 Å². The summed E-state index contributed by atoms with van der Waals surface area (Å²) in [5.41, 5.74) is 1.32. The molecule has 3 heteroatoms. The molecule has 0 heterocycles. The third-order valence-electron chi connectivity index (χ3n) is 2.62. The van der Waals surface area contributed by atoms with Crippen molar-refractivity contribution in [2.75, 3.05) is 0 Å². The number of benzene rings is 2. The fourth-order valence-electron chi connectivity index (χ4n) is 1.64. The summed E-state index contributed by atoms with van der Waals surface area (Å²) in [6.07, 6.45) is 0. The van der Waals surface area contributed by atoms with Crippen molar-refractivity contribution in [2.45, 2.75) is 6.92 Å². The largest absolute Gasteiger partial charge is 0.207 e. The zero-order valence-electron chi connectivity index (χ0n) is 9.17. The van der Waals surface area contributed by atoms with Crippen molar-refractivity contribution in [2.24, 2.45) is 0 Å². The van der Waals surface area contributed by atoms with E-state index in [1.807, 2.05) is 6.07 Å². The Labute approximate surface area is 97.9 Å². The summed E-state index contributed by atoms with van der Waals surface area (Å²) in [6.45, 7) is 1.39.